The fraction of sp³-hybridized carbons (Fsp3) is 0.444. The van der Waals surface area contributed by atoms with Crippen molar-refractivity contribution >= 4 is 23.4 Å². The maximum Gasteiger partial charge on any atom is 0.316 e. The summed E-state index contributed by atoms with van der Waals surface area (Å²) in [5.41, 5.74) is 0.569. The number of ether oxygens (including phenoxy) is 1. The normalized spacial score (nSPS) is 11.0. The molecule has 0 spiro atoms. The van der Waals surface area contributed by atoms with Gasteiger partial charge < -0.3 is 4.74 Å². The highest BCUT2D eigenvalue weighted by atomic mass is 32.2. The zero-order chi connectivity index (χ0) is 12.3. The summed E-state index contributed by atoms with van der Waals surface area (Å²) in [4.78, 5) is 11.3. The van der Waals surface area contributed by atoms with E-state index in [0.717, 1.165) is 0 Å². The Morgan fingerprint density at radius 3 is 3.12 bits per heavy atom. The van der Waals surface area contributed by atoms with E-state index in [1.54, 1.807) is 12.1 Å². The van der Waals surface area contributed by atoms with Gasteiger partial charge in [0.25, 0.3) is 0 Å². The zero-order valence-corrected chi connectivity index (χ0v) is 10.2. The Bertz CT molecular complexity index is 527. The minimum absolute atomic E-state index is 0.0990. The molecule has 2 heterocycles. The lowest BCUT2D eigenvalue weighted by atomic mass is 10.5. The molecule has 0 bridgehead atoms. The molecule has 2 aromatic heterocycles. The van der Waals surface area contributed by atoms with Crippen LogP contribution in [0.5, 0.6) is 0 Å². The van der Waals surface area contributed by atoms with Gasteiger partial charge in [-0.25, -0.2) is 0 Å². The van der Waals surface area contributed by atoms with Crippen LogP contribution in [0.25, 0.3) is 5.65 Å². The molecule has 17 heavy (non-hydrogen) atoms. The van der Waals surface area contributed by atoms with E-state index in [4.69, 9.17) is 4.74 Å². The maximum atomic E-state index is 11.3. The van der Waals surface area contributed by atoms with Crippen molar-refractivity contribution in [3.63, 3.8) is 0 Å². The van der Waals surface area contributed by atoms with E-state index in [0.29, 0.717) is 10.7 Å². The molecule has 0 amide bonds. The van der Waals surface area contributed by atoms with Crippen molar-refractivity contribution in [2.45, 2.75) is 25.0 Å². The van der Waals surface area contributed by atoms with E-state index in [-0.39, 0.29) is 17.8 Å². The molecule has 8 heteroatoms. The van der Waals surface area contributed by atoms with Crippen molar-refractivity contribution in [1.29, 1.82) is 0 Å². The van der Waals surface area contributed by atoms with Crippen LogP contribution in [-0.4, -0.2) is 43.1 Å². The van der Waals surface area contributed by atoms with E-state index >= 15 is 0 Å². The lowest BCUT2D eigenvalue weighted by molar-refractivity contribution is -0.144. The lowest BCUT2D eigenvalue weighted by Crippen LogP contribution is -2.13. The molecule has 0 radical (unpaired) electrons. The maximum absolute atomic E-state index is 11.3. The van der Waals surface area contributed by atoms with Gasteiger partial charge in [-0.05, 0) is 36.4 Å². The van der Waals surface area contributed by atoms with Crippen LogP contribution in [0.4, 0.5) is 0 Å². The fourth-order valence-corrected chi connectivity index (χ4v) is 1.77. The van der Waals surface area contributed by atoms with Crippen LogP contribution < -0.4 is 0 Å². The first-order chi connectivity index (χ1) is 8.15. The molecule has 0 saturated carbocycles. The molecule has 0 atom stereocenters. The molecular weight excluding hydrogens is 242 g/mol. The average Bonchev–Trinajstić information content (AvgIpc) is 2.72. The summed E-state index contributed by atoms with van der Waals surface area (Å²) < 4.78 is 6.33. The number of esters is 1. The molecule has 0 fully saturated rings. The number of hydrogen-bond donors (Lipinski definition) is 0. The SMILES string of the molecule is CC(C)OC(=O)CSc1ccc2nnnn2n1. The van der Waals surface area contributed by atoms with Gasteiger partial charge >= 0.3 is 5.97 Å². The third-order valence-corrected chi connectivity index (χ3v) is 2.64. The lowest BCUT2D eigenvalue weighted by Gasteiger charge is -2.06. The summed E-state index contributed by atoms with van der Waals surface area (Å²) in [5.74, 6) is -0.0395. The Kier molecular flexibility index (Phi) is 3.52. The van der Waals surface area contributed by atoms with Crippen molar-refractivity contribution in [3.05, 3.63) is 12.1 Å². The number of carbonyl (C=O) groups excluding carboxylic acids is 1. The van der Waals surface area contributed by atoms with Crippen LogP contribution in [0.1, 0.15) is 13.8 Å². The first-order valence-corrected chi connectivity index (χ1v) is 6.01. The van der Waals surface area contributed by atoms with E-state index in [1.165, 1.54) is 16.4 Å². The van der Waals surface area contributed by atoms with E-state index in [9.17, 15) is 4.79 Å². The highest BCUT2D eigenvalue weighted by Crippen LogP contribution is 2.15. The Morgan fingerprint density at radius 1 is 1.53 bits per heavy atom. The predicted molar refractivity (Wildman–Crippen MR) is 60.5 cm³/mol. The standard InChI is InChI=1S/C9H11N5O2S/c1-6(2)16-9(15)5-17-8-4-3-7-10-12-13-14(7)11-8/h3-4,6H,5H2,1-2H3. The van der Waals surface area contributed by atoms with Gasteiger partial charge in [0.15, 0.2) is 5.65 Å². The van der Waals surface area contributed by atoms with Crippen LogP contribution >= 0.6 is 11.8 Å². The fourth-order valence-electron chi connectivity index (χ4n) is 1.14. The molecule has 0 aliphatic rings. The van der Waals surface area contributed by atoms with E-state index in [2.05, 4.69) is 20.6 Å². The monoisotopic (exact) mass is 253 g/mol. The van der Waals surface area contributed by atoms with Gasteiger partial charge in [0, 0.05) is 0 Å². The minimum Gasteiger partial charge on any atom is -0.462 e. The number of carbonyl (C=O) groups is 1. The second-order valence-electron chi connectivity index (χ2n) is 3.53. The molecule has 2 aromatic rings. The number of hydrogen-bond acceptors (Lipinski definition) is 7. The van der Waals surface area contributed by atoms with Crippen molar-refractivity contribution in [1.82, 2.24) is 25.3 Å². The molecule has 7 nitrogen and oxygen atoms in total. The number of thioether (sulfide) groups is 1. The van der Waals surface area contributed by atoms with Crippen molar-refractivity contribution in [3.8, 4) is 0 Å². The molecule has 0 N–H and O–H groups in total. The van der Waals surface area contributed by atoms with Crippen LogP contribution in [0.15, 0.2) is 17.2 Å². The second kappa shape index (κ2) is 5.09. The molecular formula is C9H11N5O2S. The highest BCUT2D eigenvalue weighted by molar-refractivity contribution is 7.99. The molecule has 0 aromatic carbocycles. The Morgan fingerprint density at radius 2 is 2.35 bits per heavy atom. The smallest absolute Gasteiger partial charge is 0.316 e. The van der Waals surface area contributed by atoms with Gasteiger partial charge in [-0.15, -0.1) is 14.8 Å². The van der Waals surface area contributed by atoms with Crippen molar-refractivity contribution < 1.29 is 9.53 Å². The van der Waals surface area contributed by atoms with Gasteiger partial charge in [0.05, 0.1) is 11.9 Å². The molecule has 0 saturated heterocycles. The number of rotatable bonds is 4. The first-order valence-electron chi connectivity index (χ1n) is 5.03. The summed E-state index contributed by atoms with van der Waals surface area (Å²) in [7, 11) is 0. The molecule has 90 valence electrons. The van der Waals surface area contributed by atoms with Crippen LogP contribution in [0.3, 0.4) is 0 Å². The number of tetrazole rings is 1. The predicted octanol–water partition coefficient (Wildman–Crippen LogP) is 0.563. The van der Waals surface area contributed by atoms with Crippen molar-refractivity contribution in [2.24, 2.45) is 0 Å². The zero-order valence-electron chi connectivity index (χ0n) is 9.40. The topological polar surface area (TPSA) is 82.3 Å². The molecule has 2 rings (SSSR count). The Labute approximate surface area is 102 Å². The van der Waals surface area contributed by atoms with Gasteiger partial charge in [0.1, 0.15) is 5.03 Å². The van der Waals surface area contributed by atoms with E-state index in [1.807, 2.05) is 13.8 Å². The van der Waals surface area contributed by atoms with Crippen molar-refractivity contribution in [2.75, 3.05) is 5.75 Å². The first kappa shape index (κ1) is 11.8. The largest absolute Gasteiger partial charge is 0.462 e. The average molecular weight is 253 g/mol. The van der Waals surface area contributed by atoms with Gasteiger partial charge in [-0.2, -0.15) is 0 Å². The van der Waals surface area contributed by atoms with Crippen LogP contribution in [0.2, 0.25) is 0 Å². The van der Waals surface area contributed by atoms with Crippen LogP contribution in [-0.2, 0) is 9.53 Å². The summed E-state index contributed by atoms with van der Waals surface area (Å²) >= 11 is 1.29. The number of nitrogens with zero attached hydrogens (tertiary/aromatic N) is 5. The van der Waals surface area contributed by atoms with Crippen LogP contribution in [0, 0.1) is 0 Å². The molecule has 0 unspecified atom stereocenters. The Hall–Kier alpha value is -1.70. The van der Waals surface area contributed by atoms with Gasteiger partial charge in [-0.1, -0.05) is 11.8 Å². The minimum atomic E-state index is -0.261. The molecule has 0 aliphatic carbocycles. The summed E-state index contributed by atoms with van der Waals surface area (Å²) in [6.07, 6.45) is -0.0990. The summed E-state index contributed by atoms with van der Waals surface area (Å²) in [5, 5.41) is 15.7. The summed E-state index contributed by atoms with van der Waals surface area (Å²) in [6, 6.07) is 3.50. The van der Waals surface area contributed by atoms with Gasteiger partial charge in [0.2, 0.25) is 0 Å². The third kappa shape index (κ3) is 3.13. The molecule has 0 aliphatic heterocycles. The number of aromatic nitrogens is 5. The highest BCUT2D eigenvalue weighted by Gasteiger charge is 2.08. The van der Waals surface area contributed by atoms with E-state index < -0.39 is 0 Å². The van der Waals surface area contributed by atoms with Gasteiger partial charge in [-0.3, -0.25) is 4.79 Å². The third-order valence-electron chi connectivity index (χ3n) is 1.75. The quantitative estimate of drug-likeness (QED) is 0.581. The number of fused-ring (bicyclic) bond motifs is 1. The summed E-state index contributed by atoms with van der Waals surface area (Å²) in [6.45, 7) is 3.63. The Balaban J connectivity index is 1.96. The second-order valence-corrected chi connectivity index (χ2v) is 4.52.